The summed E-state index contributed by atoms with van der Waals surface area (Å²) >= 11 is 0. The lowest BCUT2D eigenvalue weighted by Gasteiger charge is -2.14. The predicted octanol–water partition coefficient (Wildman–Crippen LogP) is 1.23. The average Bonchev–Trinajstić information content (AvgIpc) is 1.88. The first-order valence-corrected chi connectivity index (χ1v) is 3.42. The molecule has 1 atom stereocenters. The number of nitrogens with zero attached hydrogens (tertiary/aromatic N) is 1. The first-order valence-electron chi connectivity index (χ1n) is 3.42. The van der Waals surface area contributed by atoms with Crippen LogP contribution < -0.4 is 0 Å². The van der Waals surface area contributed by atoms with Crippen molar-refractivity contribution in [1.82, 2.24) is 0 Å². The Bertz CT molecular complexity index is 167. The van der Waals surface area contributed by atoms with E-state index in [1.54, 1.807) is 0 Å². The maximum Gasteiger partial charge on any atom is 0.250 e. The van der Waals surface area contributed by atoms with Gasteiger partial charge in [0.15, 0.2) is 0 Å². The van der Waals surface area contributed by atoms with Crippen LogP contribution in [0.3, 0.4) is 0 Å². The molecule has 0 radical (unpaired) electrons. The van der Waals surface area contributed by atoms with Crippen molar-refractivity contribution < 1.29 is 4.92 Å². The molecular weight excluding hydrogens is 132 g/mol. The van der Waals surface area contributed by atoms with Crippen LogP contribution in [0.25, 0.3) is 0 Å². The van der Waals surface area contributed by atoms with E-state index in [0.717, 1.165) is 12.8 Å². The molecular formula is C6H10N2O2. The molecule has 1 aliphatic carbocycles. The fourth-order valence-corrected chi connectivity index (χ4v) is 1.23. The van der Waals surface area contributed by atoms with Gasteiger partial charge in [-0.1, -0.05) is 0 Å². The molecule has 0 aliphatic heterocycles. The Kier molecular flexibility index (Phi) is 1.99. The minimum atomic E-state index is -0.672. The van der Waals surface area contributed by atoms with Crippen LogP contribution in [0.5, 0.6) is 0 Å². The van der Waals surface area contributed by atoms with Crippen LogP contribution in [-0.2, 0) is 0 Å². The molecule has 4 heteroatoms. The minimum absolute atomic E-state index is 0.302. The van der Waals surface area contributed by atoms with E-state index in [4.69, 9.17) is 5.41 Å². The van der Waals surface area contributed by atoms with Gasteiger partial charge in [-0.2, -0.15) is 0 Å². The maximum atomic E-state index is 10.2. The molecule has 56 valence electrons. The van der Waals surface area contributed by atoms with E-state index >= 15 is 0 Å². The zero-order valence-corrected chi connectivity index (χ0v) is 5.67. The Morgan fingerprint density at radius 1 is 1.60 bits per heavy atom. The van der Waals surface area contributed by atoms with Gasteiger partial charge in [-0.25, -0.2) is 0 Å². The summed E-state index contributed by atoms with van der Waals surface area (Å²) in [6.07, 6.45) is 3.02. The summed E-state index contributed by atoms with van der Waals surface area (Å²) in [6, 6.07) is -0.672. The van der Waals surface area contributed by atoms with Crippen LogP contribution in [0.4, 0.5) is 0 Å². The minimum Gasteiger partial charge on any atom is -0.303 e. The summed E-state index contributed by atoms with van der Waals surface area (Å²) in [4.78, 5) is 9.88. The summed E-state index contributed by atoms with van der Waals surface area (Å²) < 4.78 is 0. The van der Waals surface area contributed by atoms with Gasteiger partial charge >= 0.3 is 0 Å². The first-order chi connectivity index (χ1) is 4.72. The number of rotatable bonds is 1. The van der Waals surface area contributed by atoms with Crippen molar-refractivity contribution in [2.45, 2.75) is 31.7 Å². The van der Waals surface area contributed by atoms with Crippen molar-refractivity contribution in [3.05, 3.63) is 10.1 Å². The number of hydrogen-bond acceptors (Lipinski definition) is 3. The van der Waals surface area contributed by atoms with Crippen molar-refractivity contribution in [1.29, 1.82) is 5.41 Å². The van der Waals surface area contributed by atoms with E-state index in [1.807, 2.05) is 0 Å². The van der Waals surface area contributed by atoms with Crippen molar-refractivity contribution in [3.63, 3.8) is 0 Å². The van der Waals surface area contributed by atoms with Gasteiger partial charge in [-0.05, 0) is 19.3 Å². The second kappa shape index (κ2) is 2.77. The monoisotopic (exact) mass is 142 g/mol. The van der Waals surface area contributed by atoms with Crippen LogP contribution in [0.1, 0.15) is 25.7 Å². The van der Waals surface area contributed by atoms with E-state index in [9.17, 15) is 10.1 Å². The molecule has 0 aromatic rings. The van der Waals surface area contributed by atoms with Crippen molar-refractivity contribution in [2.24, 2.45) is 0 Å². The molecule has 1 aliphatic rings. The fraction of sp³-hybridized carbons (Fsp3) is 0.833. The molecule has 0 saturated heterocycles. The molecule has 1 fully saturated rings. The molecule has 0 amide bonds. The Hall–Kier alpha value is -0.930. The predicted molar refractivity (Wildman–Crippen MR) is 37.0 cm³/mol. The van der Waals surface area contributed by atoms with E-state index in [2.05, 4.69) is 0 Å². The average molecular weight is 142 g/mol. The lowest BCUT2D eigenvalue weighted by atomic mass is 9.94. The lowest BCUT2D eigenvalue weighted by molar-refractivity contribution is -0.505. The summed E-state index contributed by atoms with van der Waals surface area (Å²) in [6.45, 7) is 0. The number of nitro groups is 1. The van der Waals surface area contributed by atoms with Gasteiger partial charge in [0.05, 0.1) is 5.71 Å². The van der Waals surface area contributed by atoms with Gasteiger partial charge in [0.2, 0.25) is 6.04 Å². The van der Waals surface area contributed by atoms with Crippen molar-refractivity contribution in [3.8, 4) is 0 Å². The van der Waals surface area contributed by atoms with Gasteiger partial charge in [-0.15, -0.1) is 0 Å². The summed E-state index contributed by atoms with van der Waals surface area (Å²) in [7, 11) is 0. The van der Waals surface area contributed by atoms with Gasteiger partial charge < -0.3 is 5.41 Å². The first kappa shape index (κ1) is 7.18. The van der Waals surface area contributed by atoms with Gasteiger partial charge in [-0.3, -0.25) is 10.1 Å². The SMILES string of the molecule is N=C1CCCCC1[N+](=O)[O-]. The number of nitrogens with one attached hydrogen (secondary N) is 1. The van der Waals surface area contributed by atoms with Crippen LogP contribution in [0.2, 0.25) is 0 Å². The highest BCUT2D eigenvalue weighted by molar-refractivity contribution is 5.86. The highest BCUT2D eigenvalue weighted by atomic mass is 16.6. The Morgan fingerprint density at radius 3 is 2.70 bits per heavy atom. The molecule has 1 N–H and O–H groups in total. The van der Waals surface area contributed by atoms with Gasteiger partial charge in [0.25, 0.3) is 0 Å². The normalized spacial score (nSPS) is 26.4. The second-order valence-electron chi connectivity index (χ2n) is 2.57. The zero-order valence-electron chi connectivity index (χ0n) is 5.67. The Morgan fingerprint density at radius 2 is 2.30 bits per heavy atom. The highest BCUT2D eigenvalue weighted by Gasteiger charge is 2.28. The van der Waals surface area contributed by atoms with Gasteiger partial charge in [0.1, 0.15) is 0 Å². The lowest BCUT2D eigenvalue weighted by Crippen LogP contribution is -2.31. The molecule has 4 nitrogen and oxygen atoms in total. The molecule has 0 spiro atoms. The van der Waals surface area contributed by atoms with E-state index in [0.29, 0.717) is 18.6 Å². The van der Waals surface area contributed by atoms with Gasteiger partial charge in [0, 0.05) is 11.3 Å². The maximum absolute atomic E-state index is 10.2. The number of hydrogen-bond donors (Lipinski definition) is 1. The van der Waals surface area contributed by atoms with Crippen LogP contribution in [0, 0.1) is 15.5 Å². The van der Waals surface area contributed by atoms with Crippen LogP contribution in [0.15, 0.2) is 0 Å². The molecule has 10 heavy (non-hydrogen) atoms. The summed E-state index contributed by atoms with van der Waals surface area (Å²) in [5.41, 5.74) is 0.302. The summed E-state index contributed by atoms with van der Waals surface area (Å²) in [5, 5.41) is 17.5. The second-order valence-corrected chi connectivity index (χ2v) is 2.57. The Labute approximate surface area is 58.9 Å². The largest absolute Gasteiger partial charge is 0.303 e. The third-order valence-corrected chi connectivity index (χ3v) is 1.83. The fourth-order valence-electron chi connectivity index (χ4n) is 1.23. The smallest absolute Gasteiger partial charge is 0.250 e. The van der Waals surface area contributed by atoms with E-state index < -0.39 is 6.04 Å². The molecule has 1 saturated carbocycles. The molecule has 0 heterocycles. The summed E-state index contributed by atoms with van der Waals surface area (Å²) in [5.74, 6) is 0. The van der Waals surface area contributed by atoms with E-state index in [-0.39, 0.29) is 4.92 Å². The molecule has 1 rings (SSSR count). The van der Waals surface area contributed by atoms with Crippen LogP contribution in [-0.4, -0.2) is 16.7 Å². The van der Waals surface area contributed by atoms with Crippen molar-refractivity contribution in [2.75, 3.05) is 0 Å². The third-order valence-electron chi connectivity index (χ3n) is 1.83. The zero-order chi connectivity index (χ0) is 7.56. The van der Waals surface area contributed by atoms with Crippen LogP contribution >= 0.6 is 0 Å². The standard InChI is InChI=1S/C6H10N2O2/c7-5-3-1-2-4-6(5)8(9)10/h6-7H,1-4H2. The topological polar surface area (TPSA) is 67.0 Å². The quantitative estimate of drug-likeness (QED) is 0.442. The molecule has 0 aromatic heterocycles. The highest BCUT2D eigenvalue weighted by Crippen LogP contribution is 2.16. The molecule has 1 unspecified atom stereocenters. The van der Waals surface area contributed by atoms with Crippen molar-refractivity contribution >= 4 is 5.71 Å². The molecule has 0 aromatic carbocycles. The third kappa shape index (κ3) is 1.32. The van der Waals surface area contributed by atoms with E-state index in [1.165, 1.54) is 0 Å². The Balaban J connectivity index is 2.56. The molecule has 0 bridgehead atoms.